The average molecular weight is 329 g/mol. The first-order chi connectivity index (χ1) is 12.0. The van der Waals surface area contributed by atoms with Crippen molar-refractivity contribution in [3.8, 4) is 0 Å². The molecule has 0 spiro atoms. The van der Waals surface area contributed by atoms with Gasteiger partial charge >= 0.3 is 0 Å². The predicted octanol–water partition coefficient (Wildman–Crippen LogP) is 5.13. The topological polar surface area (TPSA) is 29.1 Å². The maximum Gasteiger partial charge on any atom is 0.252 e. The maximum absolute atomic E-state index is 12.9. The summed E-state index contributed by atoms with van der Waals surface area (Å²) in [5, 5.41) is 3.21. The predicted molar refractivity (Wildman–Crippen MR) is 103 cm³/mol. The van der Waals surface area contributed by atoms with Gasteiger partial charge in [0.15, 0.2) is 0 Å². The first-order valence-electron chi connectivity index (χ1n) is 8.54. The number of benzene rings is 3. The number of hydrogen-bond donors (Lipinski definition) is 1. The Morgan fingerprint density at radius 2 is 1.36 bits per heavy atom. The highest BCUT2D eigenvalue weighted by atomic mass is 16.1. The molecule has 1 amide bonds. The van der Waals surface area contributed by atoms with Crippen molar-refractivity contribution in [3.63, 3.8) is 0 Å². The highest BCUT2D eigenvalue weighted by molar-refractivity contribution is 5.96. The molecule has 0 aromatic heterocycles. The van der Waals surface area contributed by atoms with Crippen molar-refractivity contribution in [2.24, 2.45) is 0 Å². The van der Waals surface area contributed by atoms with Crippen molar-refractivity contribution in [3.05, 3.63) is 106 Å². The summed E-state index contributed by atoms with van der Waals surface area (Å²) in [6, 6.07) is 24.2. The van der Waals surface area contributed by atoms with Gasteiger partial charge in [-0.1, -0.05) is 77.9 Å². The molecule has 2 nitrogen and oxygen atoms in total. The van der Waals surface area contributed by atoms with E-state index in [9.17, 15) is 4.79 Å². The van der Waals surface area contributed by atoms with E-state index in [-0.39, 0.29) is 11.9 Å². The molecule has 3 rings (SSSR count). The standard InChI is InChI=1S/C23H23NO/c1-16-10-13-20(14-11-16)22(19-7-5-4-6-8-19)24-23(25)21-15-17(2)9-12-18(21)3/h4-15,22H,1-3H3,(H,24,25)/t22-/m1/s1. The zero-order valence-electron chi connectivity index (χ0n) is 14.9. The molecule has 1 atom stereocenters. The van der Waals surface area contributed by atoms with Crippen molar-refractivity contribution >= 4 is 5.91 Å². The van der Waals surface area contributed by atoms with Gasteiger partial charge < -0.3 is 5.32 Å². The lowest BCUT2D eigenvalue weighted by Gasteiger charge is -2.21. The summed E-state index contributed by atoms with van der Waals surface area (Å²) in [5.41, 5.74) is 6.16. The minimum Gasteiger partial charge on any atom is -0.341 e. The third-order valence-corrected chi connectivity index (χ3v) is 4.46. The summed E-state index contributed by atoms with van der Waals surface area (Å²) in [6.45, 7) is 6.04. The van der Waals surface area contributed by atoms with E-state index in [1.807, 2.05) is 62.4 Å². The van der Waals surface area contributed by atoms with Crippen LogP contribution in [0.25, 0.3) is 0 Å². The molecule has 0 saturated heterocycles. The fourth-order valence-corrected chi connectivity index (χ4v) is 2.95. The van der Waals surface area contributed by atoms with Crippen LogP contribution in [0.1, 0.15) is 44.2 Å². The molecule has 126 valence electrons. The Balaban J connectivity index is 1.96. The molecule has 3 aromatic carbocycles. The van der Waals surface area contributed by atoms with Gasteiger partial charge in [-0.15, -0.1) is 0 Å². The molecule has 0 aliphatic carbocycles. The molecular formula is C23H23NO. The molecule has 0 heterocycles. The number of hydrogen-bond acceptors (Lipinski definition) is 1. The van der Waals surface area contributed by atoms with Crippen LogP contribution in [0.4, 0.5) is 0 Å². The van der Waals surface area contributed by atoms with Crippen LogP contribution < -0.4 is 5.32 Å². The molecule has 0 radical (unpaired) electrons. The average Bonchev–Trinajstić information content (AvgIpc) is 2.63. The normalized spacial score (nSPS) is 11.8. The fraction of sp³-hybridized carbons (Fsp3) is 0.174. The van der Waals surface area contributed by atoms with E-state index in [1.165, 1.54) is 5.56 Å². The maximum atomic E-state index is 12.9. The Kier molecular flexibility index (Phi) is 4.99. The van der Waals surface area contributed by atoms with E-state index in [1.54, 1.807) is 0 Å². The van der Waals surface area contributed by atoms with E-state index < -0.39 is 0 Å². The molecule has 2 heteroatoms. The van der Waals surface area contributed by atoms with Gasteiger partial charge in [0.05, 0.1) is 6.04 Å². The SMILES string of the molecule is Cc1ccc([C@H](NC(=O)c2cc(C)ccc2C)c2ccccc2)cc1. The number of rotatable bonds is 4. The molecule has 1 N–H and O–H groups in total. The summed E-state index contributed by atoms with van der Waals surface area (Å²) >= 11 is 0. The Labute approximate surface area is 149 Å². The lowest BCUT2D eigenvalue weighted by atomic mass is 9.97. The minimum atomic E-state index is -0.172. The van der Waals surface area contributed by atoms with E-state index in [4.69, 9.17) is 0 Å². The van der Waals surface area contributed by atoms with Crippen LogP contribution in [0.2, 0.25) is 0 Å². The van der Waals surface area contributed by atoms with Crippen LogP contribution in [0.5, 0.6) is 0 Å². The van der Waals surface area contributed by atoms with Gasteiger partial charge in [0.1, 0.15) is 0 Å². The smallest absolute Gasteiger partial charge is 0.252 e. The summed E-state index contributed by atoms with van der Waals surface area (Å²) in [5.74, 6) is -0.0457. The molecular weight excluding hydrogens is 306 g/mol. The van der Waals surface area contributed by atoms with E-state index in [0.29, 0.717) is 0 Å². The van der Waals surface area contributed by atoms with Crippen molar-refractivity contribution in [1.29, 1.82) is 0 Å². The highest BCUT2D eigenvalue weighted by Crippen LogP contribution is 2.23. The van der Waals surface area contributed by atoms with Crippen LogP contribution in [0, 0.1) is 20.8 Å². The zero-order chi connectivity index (χ0) is 17.8. The molecule has 0 saturated carbocycles. The molecule has 0 aliphatic heterocycles. The van der Waals surface area contributed by atoms with Gasteiger partial charge in [-0.2, -0.15) is 0 Å². The van der Waals surface area contributed by atoms with Crippen molar-refractivity contribution < 1.29 is 4.79 Å². The molecule has 0 unspecified atom stereocenters. The second-order valence-electron chi connectivity index (χ2n) is 6.55. The summed E-state index contributed by atoms with van der Waals surface area (Å²) in [4.78, 5) is 12.9. The number of nitrogens with one attached hydrogen (secondary N) is 1. The number of carbonyl (C=O) groups excluding carboxylic acids is 1. The Morgan fingerprint density at radius 1 is 0.760 bits per heavy atom. The van der Waals surface area contributed by atoms with E-state index in [2.05, 4.69) is 36.5 Å². The van der Waals surface area contributed by atoms with Gasteiger partial charge in [0.2, 0.25) is 0 Å². The van der Waals surface area contributed by atoms with Crippen LogP contribution in [-0.2, 0) is 0 Å². The molecule has 0 fully saturated rings. The van der Waals surface area contributed by atoms with Crippen LogP contribution in [0.3, 0.4) is 0 Å². The van der Waals surface area contributed by atoms with E-state index in [0.717, 1.165) is 27.8 Å². The monoisotopic (exact) mass is 329 g/mol. The first kappa shape index (κ1) is 17.0. The largest absolute Gasteiger partial charge is 0.341 e. The van der Waals surface area contributed by atoms with Crippen LogP contribution in [0.15, 0.2) is 72.8 Å². The Bertz CT molecular complexity index is 866. The summed E-state index contributed by atoms with van der Waals surface area (Å²) in [6.07, 6.45) is 0. The van der Waals surface area contributed by atoms with Crippen molar-refractivity contribution in [2.75, 3.05) is 0 Å². The quantitative estimate of drug-likeness (QED) is 0.706. The van der Waals surface area contributed by atoms with Gasteiger partial charge in [-0.05, 0) is 43.5 Å². The van der Waals surface area contributed by atoms with Gasteiger partial charge in [0.25, 0.3) is 5.91 Å². The lowest BCUT2D eigenvalue weighted by Crippen LogP contribution is -2.30. The lowest BCUT2D eigenvalue weighted by molar-refractivity contribution is 0.0942. The molecule has 25 heavy (non-hydrogen) atoms. The van der Waals surface area contributed by atoms with E-state index >= 15 is 0 Å². The van der Waals surface area contributed by atoms with Crippen molar-refractivity contribution in [1.82, 2.24) is 5.32 Å². The molecule has 0 aliphatic rings. The van der Waals surface area contributed by atoms with Gasteiger partial charge in [-0.3, -0.25) is 4.79 Å². The Morgan fingerprint density at radius 3 is 2.04 bits per heavy atom. The fourth-order valence-electron chi connectivity index (χ4n) is 2.95. The Hall–Kier alpha value is -2.87. The molecule has 3 aromatic rings. The third kappa shape index (κ3) is 3.97. The van der Waals surface area contributed by atoms with Gasteiger partial charge in [0, 0.05) is 5.56 Å². The molecule has 0 bridgehead atoms. The van der Waals surface area contributed by atoms with Crippen LogP contribution in [-0.4, -0.2) is 5.91 Å². The number of carbonyl (C=O) groups is 1. The minimum absolute atomic E-state index is 0.0457. The van der Waals surface area contributed by atoms with Crippen molar-refractivity contribution in [2.45, 2.75) is 26.8 Å². The first-order valence-corrected chi connectivity index (χ1v) is 8.54. The highest BCUT2D eigenvalue weighted by Gasteiger charge is 2.18. The number of aryl methyl sites for hydroxylation is 3. The second-order valence-corrected chi connectivity index (χ2v) is 6.55. The zero-order valence-corrected chi connectivity index (χ0v) is 14.9. The third-order valence-electron chi connectivity index (χ3n) is 4.46. The van der Waals surface area contributed by atoms with Crippen LogP contribution >= 0.6 is 0 Å². The summed E-state index contributed by atoms with van der Waals surface area (Å²) in [7, 11) is 0. The summed E-state index contributed by atoms with van der Waals surface area (Å²) < 4.78 is 0. The number of amides is 1. The second kappa shape index (κ2) is 7.35. The van der Waals surface area contributed by atoms with Gasteiger partial charge in [-0.25, -0.2) is 0 Å².